The molecule has 1 aliphatic heterocycles. The lowest BCUT2D eigenvalue weighted by atomic mass is 9.95. The van der Waals surface area contributed by atoms with Crippen LogP contribution in [-0.4, -0.2) is 37.4 Å². The minimum Gasteiger partial charge on any atom is -0.329 e. The van der Waals surface area contributed by atoms with Crippen molar-refractivity contribution in [3.05, 3.63) is 95.2 Å². The Morgan fingerprint density at radius 2 is 1.71 bits per heavy atom. The van der Waals surface area contributed by atoms with E-state index in [1.807, 2.05) is 59.5 Å². The van der Waals surface area contributed by atoms with E-state index in [4.69, 9.17) is 4.98 Å². The first-order chi connectivity index (χ1) is 16.4. The van der Waals surface area contributed by atoms with Crippen LogP contribution in [0.2, 0.25) is 0 Å². The summed E-state index contributed by atoms with van der Waals surface area (Å²) >= 11 is 0. The normalized spacial score (nSPS) is 14.5. The summed E-state index contributed by atoms with van der Waals surface area (Å²) in [6.07, 6.45) is 3.78. The number of carbonyl (C=O) groups is 1. The van der Waals surface area contributed by atoms with Crippen LogP contribution in [-0.2, 0) is 6.54 Å². The van der Waals surface area contributed by atoms with Gasteiger partial charge in [-0.05, 0) is 37.5 Å². The summed E-state index contributed by atoms with van der Waals surface area (Å²) in [5.41, 5.74) is 3.34. The average molecular weight is 452 g/mol. The van der Waals surface area contributed by atoms with Gasteiger partial charge in [0.25, 0.3) is 5.56 Å². The zero-order valence-corrected chi connectivity index (χ0v) is 19.2. The molecule has 170 valence electrons. The van der Waals surface area contributed by atoms with Crippen LogP contribution in [0.3, 0.4) is 0 Å². The van der Waals surface area contributed by atoms with E-state index in [-0.39, 0.29) is 23.4 Å². The molecule has 7 heteroatoms. The largest absolute Gasteiger partial charge is 0.329 e. The van der Waals surface area contributed by atoms with Crippen LogP contribution in [0, 0.1) is 0 Å². The van der Waals surface area contributed by atoms with Gasteiger partial charge in [0.1, 0.15) is 6.33 Å². The summed E-state index contributed by atoms with van der Waals surface area (Å²) in [7, 11) is 0. The van der Waals surface area contributed by atoms with Gasteiger partial charge in [-0.25, -0.2) is 15.0 Å². The number of hydrogen-bond acceptors (Lipinski definition) is 6. The van der Waals surface area contributed by atoms with Crippen LogP contribution in [0.5, 0.6) is 0 Å². The number of anilines is 1. The maximum absolute atomic E-state index is 13.3. The van der Waals surface area contributed by atoms with E-state index in [1.165, 1.54) is 12.4 Å². The molecule has 0 amide bonds. The molecular formula is C27H25N5O2. The summed E-state index contributed by atoms with van der Waals surface area (Å²) in [6, 6.07) is 20.9. The van der Waals surface area contributed by atoms with Crippen LogP contribution >= 0.6 is 0 Å². The summed E-state index contributed by atoms with van der Waals surface area (Å²) < 4.78 is 1.64. The van der Waals surface area contributed by atoms with Crippen LogP contribution in [0.4, 0.5) is 5.95 Å². The van der Waals surface area contributed by atoms with Gasteiger partial charge in [-0.2, -0.15) is 0 Å². The quantitative estimate of drug-likeness (QED) is 0.422. The zero-order chi connectivity index (χ0) is 23.7. The van der Waals surface area contributed by atoms with E-state index in [0.717, 1.165) is 17.5 Å². The maximum Gasteiger partial charge on any atom is 0.255 e. The smallest absolute Gasteiger partial charge is 0.255 e. The number of nitrogens with zero attached hydrogens (tertiary/aromatic N) is 5. The third-order valence-corrected chi connectivity index (χ3v) is 6.37. The van der Waals surface area contributed by atoms with Gasteiger partial charge in [-0.15, -0.1) is 0 Å². The van der Waals surface area contributed by atoms with Crippen LogP contribution in [0.1, 0.15) is 30.6 Å². The molecule has 0 saturated carbocycles. The Bertz CT molecular complexity index is 1380. The van der Waals surface area contributed by atoms with Crippen molar-refractivity contribution < 1.29 is 4.79 Å². The number of rotatable bonds is 5. The molecule has 4 aromatic rings. The van der Waals surface area contributed by atoms with Gasteiger partial charge in [0.2, 0.25) is 5.95 Å². The van der Waals surface area contributed by atoms with Gasteiger partial charge in [0, 0.05) is 29.9 Å². The molecule has 0 spiro atoms. The summed E-state index contributed by atoms with van der Waals surface area (Å²) in [4.78, 5) is 41.1. The minimum absolute atomic E-state index is 0.0252. The van der Waals surface area contributed by atoms with Crippen molar-refractivity contribution in [2.24, 2.45) is 0 Å². The number of fused-ring (bicyclic) bond motifs is 1. The highest BCUT2D eigenvalue weighted by molar-refractivity contribution is 5.99. The fourth-order valence-corrected chi connectivity index (χ4v) is 4.27. The van der Waals surface area contributed by atoms with Gasteiger partial charge in [-0.1, -0.05) is 54.6 Å². The van der Waals surface area contributed by atoms with E-state index in [2.05, 4.69) is 23.8 Å². The second-order valence-corrected chi connectivity index (χ2v) is 9.04. The molecule has 0 aliphatic carbocycles. The average Bonchev–Trinajstić information content (AvgIpc) is 2.86. The first-order valence-corrected chi connectivity index (χ1v) is 11.3. The van der Waals surface area contributed by atoms with Gasteiger partial charge >= 0.3 is 0 Å². The molecule has 2 aromatic carbocycles. The van der Waals surface area contributed by atoms with E-state index in [1.54, 1.807) is 16.8 Å². The minimum atomic E-state index is -0.344. The molecule has 0 atom stereocenters. The molecule has 1 aliphatic rings. The predicted molar refractivity (Wildman–Crippen MR) is 132 cm³/mol. The van der Waals surface area contributed by atoms with Crippen molar-refractivity contribution in [3.63, 3.8) is 0 Å². The number of benzene rings is 2. The Balaban J connectivity index is 1.47. The van der Waals surface area contributed by atoms with Crippen molar-refractivity contribution in [3.8, 4) is 22.5 Å². The summed E-state index contributed by atoms with van der Waals surface area (Å²) in [6.45, 7) is 4.82. The van der Waals surface area contributed by atoms with E-state index >= 15 is 0 Å². The Labute approximate surface area is 197 Å². The topological polar surface area (TPSA) is 81.0 Å². The number of ketones is 1. The monoisotopic (exact) mass is 451 g/mol. The number of carbonyl (C=O) groups excluding carboxylic acids is 1. The molecule has 34 heavy (non-hydrogen) atoms. The zero-order valence-electron chi connectivity index (χ0n) is 19.2. The van der Waals surface area contributed by atoms with E-state index < -0.39 is 0 Å². The lowest BCUT2D eigenvalue weighted by Crippen LogP contribution is -2.53. The van der Waals surface area contributed by atoms with Crippen LogP contribution < -0.4 is 10.5 Å². The number of hydrogen-bond donors (Lipinski definition) is 0. The van der Waals surface area contributed by atoms with E-state index in [9.17, 15) is 9.59 Å². The Kier molecular flexibility index (Phi) is 5.53. The Morgan fingerprint density at radius 3 is 2.41 bits per heavy atom. The van der Waals surface area contributed by atoms with Gasteiger partial charge in [-0.3, -0.25) is 14.2 Å². The molecule has 2 aromatic heterocycles. The van der Waals surface area contributed by atoms with Crippen molar-refractivity contribution in [2.75, 3.05) is 11.4 Å². The number of aromatic nitrogens is 4. The summed E-state index contributed by atoms with van der Waals surface area (Å²) in [5, 5.41) is 0. The third-order valence-electron chi connectivity index (χ3n) is 6.37. The lowest BCUT2D eigenvalue weighted by Gasteiger charge is -2.44. The Hall–Kier alpha value is -4.13. The van der Waals surface area contributed by atoms with Gasteiger partial charge in [0.15, 0.2) is 5.78 Å². The molecule has 0 N–H and O–H groups in total. The molecule has 3 heterocycles. The Morgan fingerprint density at radius 1 is 0.971 bits per heavy atom. The highest BCUT2D eigenvalue weighted by Gasteiger charge is 2.36. The molecule has 5 rings (SSSR count). The second kappa shape index (κ2) is 8.67. The third kappa shape index (κ3) is 4.12. The molecule has 0 bridgehead atoms. The van der Waals surface area contributed by atoms with Gasteiger partial charge < -0.3 is 4.90 Å². The highest BCUT2D eigenvalue weighted by atomic mass is 16.1. The van der Waals surface area contributed by atoms with Crippen molar-refractivity contribution >= 4 is 11.7 Å². The SMILES string of the molecule is CC1(C)CCn2c(nc(-c3ccncn3)cc2=O)N1CC(=O)c1ccc(-c2ccccc2)cc1. The lowest BCUT2D eigenvalue weighted by molar-refractivity contribution is 0.0989. The standard InChI is InChI=1S/C27H25N5O2/c1-27(2)13-15-31-25(34)16-23(22-12-14-28-18-29-22)30-26(31)32(27)17-24(33)21-10-8-20(9-11-21)19-6-4-3-5-7-19/h3-12,14,16,18H,13,15,17H2,1-2H3. The second-order valence-electron chi connectivity index (χ2n) is 9.04. The fourth-order valence-electron chi connectivity index (χ4n) is 4.27. The fraction of sp³-hybridized carbons (Fsp3) is 0.222. The highest BCUT2D eigenvalue weighted by Crippen LogP contribution is 2.31. The summed E-state index contributed by atoms with van der Waals surface area (Å²) in [5.74, 6) is 0.467. The van der Waals surface area contributed by atoms with Crippen molar-refractivity contribution in [1.29, 1.82) is 0 Å². The first-order valence-electron chi connectivity index (χ1n) is 11.3. The molecule has 0 fully saturated rings. The van der Waals surface area contributed by atoms with Crippen LogP contribution in [0.25, 0.3) is 22.5 Å². The predicted octanol–water partition coefficient (Wildman–Crippen LogP) is 4.24. The first kappa shape index (κ1) is 21.7. The molecule has 7 nitrogen and oxygen atoms in total. The molecular weight excluding hydrogens is 426 g/mol. The van der Waals surface area contributed by atoms with Crippen molar-refractivity contribution in [2.45, 2.75) is 32.4 Å². The number of Topliss-reactive ketones (excluding diaryl/α,β-unsaturated/α-hetero) is 1. The maximum atomic E-state index is 13.3. The van der Waals surface area contributed by atoms with Gasteiger partial charge in [0.05, 0.1) is 17.9 Å². The van der Waals surface area contributed by atoms with Crippen LogP contribution in [0.15, 0.2) is 84.0 Å². The molecule has 0 unspecified atom stereocenters. The van der Waals surface area contributed by atoms with E-state index in [0.29, 0.717) is 29.4 Å². The van der Waals surface area contributed by atoms with Crippen molar-refractivity contribution in [1.82, 2.24) is 19.5 Å². The molecule has 0 saturated heterocycles. The molecule has 0 radical (unpaired) electrons.